The summed E-state index contributed by atoms with van der Waals surface area (Å²) < 4.78 is 0. The molecule has 0 amide bonds. The lowest BCUT2D eigenvalue weighted by molar-refractivity contribution is 0.101. The number of H-pyrrole nitrogens is 1. The zero-order valence-electron chi connectivity index (χ0n) is 15.0. The topological polar surface area (TPSA) is 92.1 Å². The molecule has 0 bridgehead atoms. The van der Waals surface area contributed by atoms with E-state index in [-0.39, 0.29) is 27.6 Å². The van der Waals surface area contributed by atoms with Crippen molar-refractivity contribution in [2.24, 2.45) is 5.73 Å². The van der Waals surface area contributed by atoms with E-state index in [2.05, 4.69) is 9.97 Å². The number of hydrogen-bond donors (Lipinski definition) is 2. The number of rotatable bonds is 4. The van der Waals surface area contributed by atoms with Crippen molar-refractivity contribution in [2.45, 2.75) is 42.1 Å². The Balaban J connectivity index is 1.97. The molecule has 1 saturated heterocycles. The lowest BCUT2D eigenvalue weighted by Gasteiger charge is -2.37. The van der Waals surface area contributed by atoms with Gasteiger partial charge in [0.15, 0.2) is 10.8 Å². The second-order valence-electron chi connectivity index (χ2n) is 6.92. The van der Waals surface area contributed by atoms with Gasteiger partial charge in [-0.25, -0.2) is 4.98 Å². The Bertz CT molecular complexity index is 935. The van der Waals surface area contributed by atoms with Gasteiger partial charge in [-0.3, -0.25) is 9.59 Å². The average Bonchev–Trinajstić information content (AvgIpc) is 2.60. The molecule has 0 saturated carbocycles. The van der Waals surface area contributed by atoms with Gasteiger partial charge in [0, 0.05) is 30.4 Å². The minimum absolute atomic E-state index is 0.147. The predicted octanol–water partition coefficient (Wildman–Crippen LogP) is 3.75. The summed E-state index contributed by atoms with van der Waals surface area (Å²) in [6.07, 6.45) is 1.53. The largest absolute Gasteiger partial charge is 0.356 e. The third-order valence-electron chi connectivity index (χ3n) is 4.54. The minimum Gasteiger partial charge on any atom is -0.356 e. The maximum Gasteiger partial charge on any atom is 0.282 e. The van der Waals surface area contributed by atoms with Crippen LogP contribution in [-0.2, 0) is 0 Å². The first-order chi connectivity index (χ1) is 12.7. The number of nitrogens with one attached hydrogen (secondary N) is 1. The summed E-state index contributed by atoms with van der Waals surface area (Å²) in [5.41, 5.74) is 5.79. The van der Waals surface area contributed by atoms with Gasteiger partial charge in [0.2, 0.25) is 0 Å². The van der Waals surface area contributed by atoms with Crippen LogP contribution in [0.1, 0.15) is 37.2 Å². The number of aromatic nitrogens is 2. The monoisotopic (exact) mass is 426 g/mol. The van der Waals surface area contributed by atoms with Crippen LogP contribution in [0.15, 0.2) is 32.9 Å². The van der Waals surface area contributed by atoms with Crippen LogP contribution in [0, 0.1) is 0 Å². The highest BCUT2D eigenvalue weighted by atomic mass is 35.5. The molecule has 0 aliphatic carbocycles. The third kappa shape index (κ3) is 4.48. The summed E-state index contributed by atoms with van der Waals surface area (Å²) in [5, 5.41) is 0.880. The van der Waals surface area contributed by atoms with Crippen molar-refractivity contribution >= 4 is 46.6 Å². The summed E-state index contributed by atoms with van der Waals surface area (Å²) in [4.78, 5) is 34.5. The molecule has 0 unspecified atom stereocenters. The maximum absolute atomic E-state index is 12.6. The number of hydrogen-bond acceptors (Lipinski definition) is 6. The first-order valence-electron chi connectivity index (χ1n) is 8.49. The molecule has 1 aromatic carbocycles. The van der Waals surface area contributed by atoms with Gasteiger partial charge in [-0.15, -0.1) is 0 Å². The zero-order valence-corrected chi connectivity index (χ0v) is 17.3. The van der Waals surface area contributed by atoms with Gasteiger partial charge in [0.25, 0.3) is 5.56 Å². The molecule has 6 nitrogen and oxygen atoms in total. The number of carbonyl (C=O) groups is 1. The van der Waals surface area contributed by atoms with E-state index < -0.39 is 0 Å². The normalized spacial score (nSPS) is 16.4. The number of halogens is 2. The Morgan fingerprint density at radius 1 is 1.33 bits per heavy atom. The smallest absolute Gasteiger partial charge is 0.282 e. The summed E-state index contributed by atoms with van der Waals surface area (Å²) in [6, 6.07) is 5.15. The Morgan fingerprint density at radius 3 is 2.63 bits per heavy atom. The molecule has 144 valence electrons. The van der Waals surface area contributed by atoms with Crippen LogP contribution >= 0.6 is 35.0 Å². The van der Waals surface area contributed by atoms with Crippen LogP contribution in [0.2, 0.25) is 10.0 Å². The highest BCUT2D eigenvalue weighted by molar-refractivity contribution is 7.99. The lowest BCUT2D eigenvalue weighted by atomic mass is 9.91. The zero-order chi connectivity index (χ0) is 19.8. The van der Waals surface area contributed by atoms with Crippen LogP contribution < -0.4 is 16.2 Å². The number of anilines is 1. The molecule has 1 aromatic heterocycles. The minimum atomic E-state index is -0.378. The fourth-order valence-electron chi connectivity index (χ4n) is 2.88. The van der Waals surface area contributed by atoms with Crippen molar-refractivity contribution in [2.75, 3.05) is 18.0 Å². The van der Waals surface area contributed by atoms with E-state index in [0.717, 1.165) is 24.6 Å². The Kier molecular flexibility index (Phi) is 5.86. The number of benzene rings is 1. The van der Waals surface area contributed by atoms with Crippen LogP contribution in [0.5, 0.6) is 0 Å². The van der Waals surface area contributed by atoms with E-state index in [1.54, 1.807) is 18.2 Å². The van der Waals surface area contributed by atoms with Crippen molar-refractivity contribution < 1.29 is 4.79 Å². The number of ketones is 1. The SMILES string of the molecule is CC(=O)c1nc(Sc2cccc(Cl)c2Cl)c(=O)[nH]c1N1CCC(C)(N)CC1. The number of piperidine rings is 1. The summed E-state index contributed by atoms with van der Waals surface area (Å²) in [5.74, 6) is 0.228. The quantitative estimate of drug-likeness (QED) is 0.723. The standard InChI is InChI=1S/C18H20Cl2N4O2S/c1-10(25)14-15(24-8-6-18(2,21)7-9-24)23-16(26)17(22-14)27-12-5-3-4-11(19)13(12)20/h3-5H,6-9,21H2,1-2H3,(H,23,26). The summed E-state index contributed by atoms with van der Waals surface area (Å²) in [7, 11) is 0. The van der Waals surface area contributed by atoms with Crippen molar-refractivity contribution in [3.05, 3.63) is 44.3 Å². The first-order valence-corrected chi connectivity index (χ1v) is 10.1. The molecule has 1 fully saturated rings. The molecule has 1 aliphatic rings. The van der Waals surface area contributed by atoms with Crippen LogP contribution in [-0.4, -0.2) is 34.4 Å². The van der Waals surface area contributed by atoms with Gasteiger partial charge < -0.3 is 15.6 Å². The van der Waals surface area contributed by atoms with Gasteiger partial charge in [0.1, 0.15) is 11.5 Å². The maximum atomic E-state index is 12.6. The second kappa shape index (κ2) is 7.83. The van der Waals surface area contributed by atoms with E-state index >= 15 is 0 Å². The second-order valence-corrected chi connectivity index (χ2v) is 8.74. The fraction of sp³-hybridized carbons (Fsp3) is 0.389. The van der Waals surface area contributed by atoms with Gasteiger partial charge in [-0.2, -0.15) is 0 Å². The van der Waals surface area contributed by atoms with Crippen molar-refractivity contribution in [1.82, 2.24) is 9.97 Å². The molecule has 0 radical (unpaired) electrons. The van der Waals surface area contributed by atoms with Gasteiger partial charge >= 0.3 is 0 Å². The third-order valence-corrected chi connectivity index (χ3v) is 6.50. The van der Waals surface area contributed by atoms with E-state index in [1.807, 2.05) is 11.8 Å². The molecule has 0 atom stereocenters. The number of nitrogens with two attached hydrogens (primary N) is 1. The van der Waals surface area contributed by atoms with E-state index in [9.17, 15) is 9.59 Å². The molecule has 9 heteroatoms. The molecular weight excluding hydrogens is 407 g/mol. The molecule has 0 spiro atoms. The molecule has 2 heterocycles. The van der Waals surface area contributed by atoms with E-state index in [4.69, 9.17) is 28.9 Å². The van der Waals surface area contributed by atoms with E-state index in [0.29, 0.717) is 33.8 Å². The molecule has 2 aromatic rings. The highest BCUT2D eigenvalue weighted by Crippen LogP contribution is 2.35. The Hall–Kier alpha value is -1.54. The molecule has 27 heavy (non-hydrogen) atoms. The Morgan fingerprint density at radius 2 is 2.00 bits per heavy atom. The van der Waals surface area contributed by atoms with Crippen LogP contribution in [0.3, 0.4) is 0 Å². The first kappa shape index (κ1) is 20.2. The number of nitrogens with zero attached hydrogens (tertiary/aromatic N) is 2. The van der Waals surface area contributed by atoms with Gasteiger partial charge in [0.05, 0.1) is 10.0 Å². The van der Waals surface area contributed by atoms with Gasteiger partial charge in [-0.1, -0.05) is 41.0 Å². The summed E-state index contributed by atoms with van der Waals surface area (Å²) >= 11 is 13.3. The van der Waals surface area contributed by atoms with Crippen LogP contribution in [0.4, 0.5) is 5.82 Å². The molecular formula is C18H20Cl2N4O2S. The number of aromatic amines is 1. The average molecular weight is 427 g/mol. The number of carbonyl (C=O) groups excluding carboxylic acids is 1. The lowest BCUT2D eigenvalue weighted by Crippen LogP contribution is -2.49. The van der Waals surface area contributed by atoms with Crippen molar-refractivity contribution in [1.29, 1.82) is 0 Å². The van der Waals surface area contributed by atoms with E-state index in [1.165, 1.54) is 6.92 Å². The fourth-order valence-corrected chi connectivity index (χ4v) is 4.18. The Labute approximate surface area is 171 Å². The number of Topliss-reactive ketones (excluding diaryl/α,β-unsaturated/α-hetero) is 1. The molecule has 1 aliphatic heterocycles. The molecule has 3 N–H and O–H groups in total. The highest BCUT2D eigenvalue weighted by Gasteiger charge is 2.29. The van der Waals surface area contributed by atoms with Crippen molar-refractivity contribution in [3.63, 3.8) is 0 Å². The van der Waals surface area contributed by atoms with Gasteiger partial charge in [-0.05, 0) is 31.9 Å². The van der Waals surface area contributed by atoms with Crippen molar-refractivity contribution in [3.8, 4) is 0 Å². The molecule has 3 rings (SSSR count). The summed E-state index contributed by atoms with van der Waals surface area (Å²) in [6.45, 7) is 4.74. The van der Waals surface area contributed by atoms with Crippen LogP contribution in [0.25, 0.3) is 0 Å². The predicted molar refractivity (Wildman–Crippen MR) is 109 cm³/mol.